The lowest BCUT2D eigenvalue weighted by molar-refractivity contribution is 0.301. The molecule has 0 aliphatic rings. The highest BCUT2D eigenvalue weighted by Crippen LogP contribution is 2.28. The van der Waals surface area contributed by atoms with Gasteiger partial charge in [0.15, 0.2) is 0 Å². The van der Waals surface area contributed by atoms with Gasteiger partial charge in [0.25, 0.3) is 0 Å². The smallest absolute Gasteiger partial charge is 0.144 e. The average molecular weight is 357 g/mol. The van der Waals surface area contributed by atoms with E-state index in [0.717, 1.165) is 29.0 Å². The van der Waals surface area contributed by atoms with E-state index in [0.29, 0.717) is 17.4 Å². The van der Waals surface area contributed by atoms with E-state index in [9.17, 15) is 0 Å². The van der Waals surface area contributed by atoms with Crippen LogP contribution in [0.2, 0.25) is 5.02 Å². The van der Waals surface area contributed by atoms with E-state index in [-0.39, 0.29) is 0 Å². The Morgan fingerprint density at radius 1 is 1.30 bits per heavy atom. The molecule has 2 rings (SSSR count). The molecule has 0 saturated carbocycles. The number of benzene rings is 1. The summed E-state index contributed by atoms with van der Waals surface area (Å²) >= 11 is 9.43. The number of anilines is 1. The molecule has 0 aliphatic heterocycles. The lowest BCUT2D eigenvalue weighted by Gasteiger charge is -2.08. The highest BCUT2D eigenvalue weighted by molar-refractivity contribution is 9.10. The Hall–Kier alpha value is -1.33. The first-order chi connectivity index (χ1) is 9.69. The molecule has 0 unspecified atom stereocenters. The zero-order chi connectivity index (χ0) is 14.4. The number of rotatable bonds is 6. The van der Waals surface area contributed by atoms with Gasteiger partial charge in [0.1, 0.15) is 18.2 Å². The molecule has 0 saturated heterocycles. The van der Waals surface area contributed by atoms with Crippen LogP contribution in [0.3, 0.4) is 0 Å². The fourth-order valence-electron chi connectivity index (χ4n) is 1.51. The molecule has 0 aliphatic carbocycles. The second-order valence-electron chi connectivity index (χ2n) is 4.18. The van der Waals surface area contributed by atoms with Crippen molar-refractivity contribution in [3.05, 3.63) is 45.8 Å². The number of hydrogen-bond acceptors (Lipinski definition) is 4. The number of ether oxygens (including phenoxy) is 1. The standard InChI is InChI=1S/C14H15BrClN3O/c1-2-5-17-14-8-18-11(7-19-14)9-20-13-6-10(15)3-4-12(13)16/h3-4,6-8H,2,5,9H2,1H3,(H,17,19). The van der Waals surface area contributed by atoms with Crippen molar-refractivity contribution in [2.45, 2.75) is 20.0 Å². The minimum Gasteiger partial charge on any atom is -0.486 e. The normalized spacial score (nSPS) is 10.3. The number of hydrogen-bond donors (Lipinski definition) is 1. The first kappa shape index (κ1) is 15.1. The van der Waals surface area contributed by atoms with Crippen molar-refractivity contribution in [3.63, 3.8) is 0 Å². The summed E-state index contributed by atoms with van der Waals surface area (Å²) in [5.41, 5.74) is 0.753. The zero-order valence-corrected chi connectivity index (χ0v) is 13.4. The van der Waals surface area contributed by atoms with Crippen LogP contribution in [-0.2, 0) is 6.61 Å². The Kier molecular flexibility index (Phi) is 5.61. The first-order valence-corrected chi connectivity index (χ1v) is 7.48. The molecule has 6 heteroatoms. The molecule has 0 spiro atoms. The molecule has 0 atom stereocenters. The summed E-state index contributed by atoms with van der Waals surface area (Å²) in [4.78, 5) is 8.57. The predicted octanol–water partition coefficient (Wildman–Crippen LogP) is 4.29. The third kappa shape index (κ3) is 4.35. The lowest BCUT2D eigenvalue weighted by Crippen LogP contribution is -2.04. The fraction of sp³-hybridized carbons (Fsp3) is 0.286. The van der Waals surface area contributed by atoms with Gasteiger partial charge in [0.2, 0.25) is 0 Å². The van der Waals surface area contributed by atoms with E-state index in [2.05, 4.69) is 38.1 Å². The van der Waals surface area contributed by atoms with Gasteiger partial charge in [-0.2, -0.15) is 0 Å². The SMILES string of the molecule is CCCNc1cnc(COc2cc(Br)ccc2Cl)cn1. The van der Waals surface area contributed by atoms with Gasteiger partial charge in [-0.3, -0.25) is 4.98 Å². The highest BCUT2D eigenvalue weighted by Gasteiger charge is 2.04. The minimum absolute atomic E-state index is 0.331. The minimum atomic E-state index is 0.331. The Bertz CT molecular complexity index is 563. The third-order valence-corrected chi connectivity index (χ3v) is 3.34. The first-order valence-electron chi connectivity index (χ1n) is 6.31. The van der Waals surface area contributed by atoms with Gasteiger partial charge in [0, 0.05) is 11.0 Å². The fourth-order valence-corrected chi connectivity index (χ4v) is 2.03. The lowest BCUT2D eigenvalue weighted by atomic mass is 10.3. The highest BCUT2D eigenvalue weighted by atomic mass is 79.9. The molecule has 20 heavy (non-hydrogen) atoms. The molecule has 1 heterocycles. The molecule has 0 amide bonds. The van der Waals surface area contributed by atoms with Crippen LogP contribution in [0, 0.1) is 0 Å². The van der Waals surface area contributed by atoms with Gasteiger partial charge in [0.05, 0.1) is 23.1 Å². The van der Waals surface area contributed by atoms with Crippen molar-refractivity contribution >= 4 is 33.3 Å². The van der Waals surface area contributed by atoms with Crippen molar-refractivity contribution < 1.29 is 4.74 Å². The number of halogens is 2. The molecule has 2 aromatic rings. The zero-order valence-electron chi connectivity index (χ0n) is 11.1. The number of aromatic nitrogens is 2. The molecule has 4 nitrogen and oxygen atoms in total. The van der Waals surface area contributed by atoms with Gasteiger partial charge >= 0.3 is 0 Å². The third-order valence-electron chi connectivity index (χ3n) is 2.53. The Morgan fingerprint density at radius 3 is 2.85 bits per heavy atom. The topological polar surface area (TPSA) is 47.0 Å². The van der Waals surface area contributed by atoms with Crippen molar-refractivity contribution in [2.75, 3.05) is 11.9 Å². The predicted molar refractivity (Wildman–Crippen MR) is 84.3 cm³/mol. The van der Waals surface area contributed by atoms with E-state index >= 15 is 0 Å². The second-order valence-corrected chi connectivity index (χ2v) is 5.51. The maximum absolute atomic E-state index is 6.05. The Labute approximate surface area is 131 Å². The van der Waals surface area contributed by atoms with Crippen LogP contribution in [0.1, 0.15) is 19.0 Å². The molecule has 0 bridgehead atoms. The molecule has 106 valence electrons. The Balaban J connectivity index is 1.95. The van der Waals surface area contributed by atoms with Crippen LogP contribution >= 0.6 is 27.5 Å². The summed E-state index contributed by atoms with van der Waals surface area (Å²) in [6.45, 7) is 3.32. The van der Waals surface area contributed by atoms with Gasteiger partial charge in [-0.15, -0.1) is 0 Å². The van der Waals surface area contributed by atoms with Crippen LogP contribution < -0.4 is 10.1 Å². The van der Waals surface area contributed by atoms with E-state index in [1.807, 2.05) is 12.1 Å². The monoisotopic (exact) mass is 355 g/mol. The Morgan fingerprint density at radius 2 is 2.15 bits per heavy atom. The van der Waals surface area contributed by atoms with Crippen LogP contribution in [0.4, 0.5) is 5.82 Å². The summed E-state index contributed by atoms with van der Waals surface area (Å²) in [5.74, 6) is 1.40. The average Bonchev–Trinajstić information content (AvgIpc) is 2.47. The van der Waals surface area contributed by atoms with Gasteiger partial charge in [-0.1, -0.05) is 34.5 Å². The van der Waals surface area contributed by atoms with E-state index < -0.39 is 0 Å². The van der Waals surface area contributed by atoms with Crippen molar-refractivity contribution in [1.82, 2.24) is 9.97 Å². The molecule has 0 fully saturated rings. The summed E-state index contributed by atoms with van der Waals surface area (Å²) in [7, 11) is 0. The summed E-state index contributed by atoms with van der Waals surface area (Å²) in [6.07, 6.45) is 4.45. The number of nitrogens with zero attached hydrogens (tertiary/aromatic N) is 2. The van der Waals surface area contributed by atoms with Crippen LogP contribution in [0.5, 0.6) is 5.75 Å². The summed E-state index contributed by atoms with van der Waals surface area (Å²) in [5, 5.41) is 3.74. The molecule has 1 aromatic heterocycles. The van der Waals surface area contributed by atoms with E-state index in [4.69, 9.17) is 16.3 Å². The van der Waals surface area contributed by atoms with Gasteiger partial charge in [-0.05, 0) is 24.6 Å². The largest absolute Gasteiger partial charge is 0.486 e. The molecule has 0 radical (unpaired) electrons. The quantitative estimate of drug-likeness (QED) is 0.838. The van der Waals surface area contributed by atoms with Gasteiger partial charge < -0.3 is 10.1 Å². The molecular weight excluding hydrogens is 342 g/mol. The summed E-state index contributed by atoms with van der Waals surface area (Å²) < 4.78 is 6.56. The summed E-state index contributed by atoms with van der Waals surface area (Å²) in [6, 6.07) is 5.47. The van der Waals surface area contributed by atoms with Crippen molar-refractivity contribution in [2.24, 2.45) is 0 Å². The maximum Gasteiger partial charge on any atom is 0.144 e. The van der Waals surface area contributed by atoms with Gasteiger partial charge in [-0.25, -0.2) is 4.98 Å². The second kappa shape index (κ2) is 7.45. The van der Waals surface area contributed by atoms with E-state index in [1.165, 1.54) is 0 Å². The van der Waals surface area contributed by atoms with E-state index in [1.54, 1.807) is 18.5 Å². The molecule has 1 N–H and O–H groups in total. The van der Waals surface area contributed by atoms with Crippen LogP contribution in [0.25, 0.3) is 0 Å². The number of nitrogens with one attached hydrogen (secondary N) is 1. The van der Waals surface area contributed by atoms with Crippen LogP contribution in [0.15, 0.2) is 35.1 Å². The van der Waals surface area contributed by atoms with Crippen molar-refractivity contribution in [3.8, 4) is 5.75 Å². The molecular formula is C14H15BrClN3O. The van der Waals surface area contributed by atoms with Crippen molar-refractivity contribution in [1.29, 1.82) is 0 Å². The molecule has 1 aromatic carbocycles. The van der Waals surface area contributed by atoms with Crippen LogP contribution in [-0.4, -0.2) is 16.5 Å². The maximum atomic E-state index is 6.05.